The zero-order valence-electron chi connectivity index (χ0n) is 52.4. The third-order valence-electron chi connectivity index (χ3n) is 14.9. The maximum Gasteiger partial charge on any atom is 0.306 e. The van der Waals surface area contributed by atoms with E-state index in [1.54, 1.807) is 0 Å². The van der Waals surface area contributed by atoms with Crippen molar-refractivity contribution in [2.45, 2.75) is 348 Å². The highest BCUT2D eigenvalue weighted by molar-refractivity contribution is 5.71. The molecule has 0 aromatic rings. The van der Waals surface area contributed by atoms with Crippen LogP contribution in [0.5, 0.6) is 0 Å². The Morgan fingerprint density at radius 3 is 0.772 bits per heavy atom. The molecule has 0 aliphatic carbocycles. The summed E-state index contributed by atoms with van der Waals surface area (Å²) in [7, 11) is 0. The van der Waals surface area contributed by atoms with E-state index in [9.17, 15) is 14.4 Å². The van der Waals surface area contributed by atoms with Gasteiger partial charge in [0.15, 0.2) is 6.10 Å². The fourth-order valence-electron chi connectivity index (χ4n) is 9.80. The number of hydrogen-bond acceptors (Lipinski definition) is 6. The Bertz CT molecular complexity index is 1500. The summed E-state index contributed by atoms with van der Waals surface area (Å²) in [5, 5.41) is 0. The first-order valence-corrected chi connectivity index (χ1v) is 34.1. The molecule has 0 saturated carbocycles. The lowest BCUT2D eigenvalue weighted by Crippen LogP contribution is -2.30. The van der Waals surface area contributed by atoms with Crippen molar-refractivity contribution in [3.8, 4) is 0 Å². The van der Waals surface area contributed by atoms with Crippen molar-refractivity contribution in [2.75, 3.05) is 13.2 Å². The summed E-state index contributed by atoms with van der Waals surface area (Å²) in [5.74, 6) is -0.874. The predicted molar refractivity (Wildman–Crippen MR) is 344 cm³/mol. The van der Waals surface area contributed by atoms with Crippen molar-refractivity contribution in [3.05, 3.63) is 85.1 Å². The molecule has 0 aliphatic heterocycles. The maximum atomic E-state index is 12.9. The number of unbranched alkanes of at least 4 members (excludes halogenated alkanes) is 37. The van der Waals surface area contributed by atoms with E-state index in [1.165, 1.54) is 199 Å². The van der Waals surface area contributed by atoms with Gasteiger partial charge >= 0.3 is 17.9 Å². The number of ether oxygens (including phenoxy) is 3. The van der Waals surface area contributed by atoms with Crippen LogP contribution in [0.4, 0.5) is 0 Å². The van der Waals surface area contributed by atoms with Crippen molar-refractivity contribution < 1.29 is 28.6 Å². The number of allylic oxidation sites excluding steroid dienone is 14. The van der Waals surface area contributed by atoms with Crippen molar-refractivity contribution in [3.63, 3.8) is 0 Å². The molecule has 0 aromatic carbocycles. The van der Waals surface area contributed by atoms with E-state index >= 15 is 0 Å². The molecule has 0 rings (SSSR count). The Balaban J connectivity index is 4.24. The van der Waals surface area contributed by atoms with Gasteiger partial charge in [-0.2, -0.15) is 0 Å². The zero-order valence-corrected chi connectivity index (χ0v) is 52.4. The third-order valence-corrected chi connectivity index (χ3v) is 14.9. The van der Waals surface area contributed by atoms with Crippen LogP contribution in [0, 0.1) is 0 Å². The third kappa shape index (κ3) is 65.3. The molecule has 0 spiro atoms. The first-order valence-electron chi connectivity index (χ1n) is 34.1. The van der Waals surface area contributed by atoms with Crippen molar-refractivity contribution in [2.24, 2.45) is 0 Å². The molecule has 79 heavy (non-hydrogen) atoms. The van der Waals surface area contributed by atoms with Gasteiger partial charge in [-0.3, -0.25) is 14.4 Å². The quantitative estimate of drug-likeness (QED) is 0.0261. The van der Waals surface area contributed by atoms with Crippen molar-refractivity contribution >= 4 is 17.9 Å². The molecule has 0 fully saturated rings. The summed E-state index contributed by atoms with van der Waals surface area (Å²) in [6.45, 7) is 6.54. The molecule has 0 saturated heterocycles. The number of rotatable bonds is 62. The van der Waals surface area contributed by atoms with Gasteiger partial charge in [-0.05, 0) is 96.3 Å². The molecule has 0 radical (unpaired) electrons. The van der Waals surface area contributed by atoms with Gasteiger partial charge in [-0.25, -0.2) is 0 Å². The van der Waals surface area contributed by atoms with Gasteiger partial charge in [0.1, 0.15) is 13.2 Å². The fraction of sp³-hybridized carbons (Fsp3) is 0.767. The molecule has 0 N–H and O–H groups in total. The lowest BCUT2D eigenvalue weighted by Gasteiger charge is -2.18. The maximum absolute atomic E-state index is 12.9. The average molecular weight is 1100 g/mol. The van der Waals surface area contributed by atoms with Crippen molar-refractivity contribution in [1.29, 1.82) is 0 Å². The number of hydrogen-bond donors (Lipinski definition) is 0. The Hall–Kier alpha value is -3.41. The zero-order chi connectivity index (χ0) is 57.1. The second kappa shape index (κ2) is 67.1. The second-order valence-corrected chi connectivity index (χ2v) is 22.7. The molecule has 1 atom stereocenters. The summed E-state index contributed by atoms with van der Waals surface area (Å²) in [6.07, 6.45) is 88.9. The van der Waals surface area contributed by atoms with Crippen LogP contribution in [0.25, 0.3) is 0 Å². The van der Waals surface area contributed by atoms with E-state index < -0.39 is 6.10 Å². The monoisotopic (exact) mass is 1100 g/mol. The minimum absolute atomic E-state index is 0.0776. The molecule has 6 nitrogen and oxygen atoms in total. The summed E-state index contributed by atoms with van der Waals surface area (Å²) < 4.78 is 16.9. The van der Waals surface area contributed by atoms with Gasteiger partial charge in [0.05, 0.1) is 0 Å². The fourth-order valence-corrected chi connectivity index (χ4v) is 9.80. The Morgan fingerprint density at radius 2 is 0.494 bits per heavy atom. The molecule has 0 amide bonds. The lowest BCUT2D eigenvalue weighted by molar-refractivity contribution is -0.167. The SMILES string of the molecule is CC/C=C\C/C=C\C/C=C\C/C=C\C/C=C\CCCCCCCCCC(=O)OC(COC(=O)CCCCCCCCCCCCC)COC(=O)CCCCCCCCCCCCCCCCC/C=C\C/C=C\CCCCCCC. The van der Waals surface area contributed by atoms with Crippen LogP contribution < -0.4 is 0 Å². The number of carbonyl (C=O) groups is 3. The predicted octanol–water partition coefficient (Wildman–Crippen LogP) is 23.4. The Kier molecular flexibility index (Phi) is 64.2. The van der Waals surface area contributed by atoms with Gasteiger partial charge in [0.25, 0.3) is 0 Å². The molecular formula is C73H128O6. The molecule has 0 heterocycles. The standard InChI is InChI=1S/C73H128O6/c1-4-7-10-13-16-19-22-24-26-28-30-32-34-35-36-37-39-40-42-44-46-48-51-54-57-60-63-66-72(75)78-69-70(68-77-71(74)65-62-59-56-53-50-21-18-15-12-9-6-3)79-73(76)67-64-61-58-55-52-49-47-45-43-41-38-33-31-29-27-25-23-20-17-14-11-8-5-2/h8,11,17,20,22,24-25,27-28,30-31,33,41,43,70H,4-7,9-10,12-16,18-19,21,23,26,29,32,34-40,42,44-69H2,1-3H3/b11-8-,20-17-,24-22-,27-25-,30-28-,33-31-,43-41-. The summed E-state index contributed by atoms with van der Waals surface area (Å²) in [4.78, 5) is 38.3. The van der Waals surface area contributed by atoms with E-state index in [4.69, 9.17) is 14.2 Å². The van der Waals surface area contributed by atoms with Gasteiger partial charge in [-0.1, -0.05) is 311 Å². The van der Waals surface area contributed by atoms with Crippen molar-refractivity contribution in [1.82, 2.24) is 0 Å². The first kappa shape index (κ1) is 75.6. The van der Waals surface area contributed by atoms with Crippen LogP contribution in [0.2, 0.25) is 0 Å². The van der Waals surface area contributed by atoms with Gasteiger partial charge in [-0.15, -0.1) is 0 Å². The molecule has 456 valence electrons. The van der Waals surface area contributed by atoms with E-state index in [2.05, 4.69) is 106 Å². The molecule has 1 unspecified atom stereocenters. The number of carbonyl (C=O) groups excluding carboxylic acids is 3. The van der Waals surface area contributed by atoms with Crippen LogP contribution >= 0.6 is 0 Å². The number of esters is 3. The lowest BCUT2D eigenvalue weighted by atomic mass is 10.0. The first-order chi connectivity index (χ1) is 39.0. The molecule has 0 bridgehead atoms. The van der Waals surface area contributed by atoms with Crippen LogP contribution in [0.15, 0.2) is 85.1 Å². The highest BCUT2D eigenvalue weighted by atomic mass is 16.6. The van der Waals surface area contributed by atoms with Gasteiger partial charge in [0, 0.05) is 19.3 Å². The van der Waals surface area contributed by atoms with Crippen LogP contribution in [-0.2, 0) is 28.6 Å². The average Bonchev–Trinajstić information content (AvgIpc) is 3.45. The van der Waals surface area contributed by atoms with Crippen LogP contribution in [0.3, 0.4) is 0 Å². The molecule has 0 aromatic heterocycles. The van der Waals surface area contributed by atoms with Crippen LogP contribution in [-0.4, -0.2) is 37.2 Å². The Labute approximate surface area is 490 Å². The van der Waals surface area contributed by atoms with Crippen LogP contribution in [0.1, 0.15) is 342 Å². The largest absolute Gasteiger partial charge is 0.462 e. The van der Waals surface area contributed by atoms with E-state index in [0.717, 1.165) is 103 Å². The summed E-state index contributed by atoms with van der Waals surface area (Å²) in [5.41, 5.74) is 0. The van der Waals surface area contributed by atoms with E-state index in [-0.39, 0.29) is 31.1 Å². The highest BCUT2D eigenvalue weighted by Gasteiger charge is 2.19. The normalized spacial score (nSPS) is 12.6. The minimum atomic E-state index is -0.782. The second-order valence-electron chi connectivity index (χ2n) is 22.7. The Morgan fingerprint density at radius 1 is 0.266 bits per heavy atom. The molecular weight excluding hydrogens is 973 g/mol. The summed E-state index contributed by atoms with van der Waals surface area (Å²) >= 11 is 0. The van der Waals surface area contributed by atoms with Gasteiger partial charge < -0.3 is 14.2 Å². The highest BCUT2D eigenvalue weighted by Crippen LogP contribution is 2.17. The molecule has 0 aliphatic rings. The smallest absolute Gasteiger partial charge is 0.306 e. The minimum Gasteiger partial charge on any atom is -0.462 e. The van der Waals surface area contributed by atoms with E-state index in [0.29, 0.717) is 19.3 Å². The topological polar surface area (TPSA) is 78.9 Å². The van der Waals surface area contributed by atoms with Gasteiger partial charge in [0.2, 0.25) is 0 Å². The molecule has 6 heteroatoms. The summed E-state index contributed by atoms with van der Waals surface area (Å²) in [6, 6.07) is 0. The van der Waals surface area contributed by atoms with E-state index in [1.807, 2.05) is 0 Å².